The molecule has 5 nitrogen and oxygen atoms in total. The van der Waals surface area contributed by atoms with Crippen LogP contribution in [0.2, 0.25) is 0 Å². The van der Waals surface area contributed by atoms with Crippen molar-refractivity contribution in [2.24, 2.45) is 0 Å². The maximum absolute atomic E-state index is 12.9. The lowest BCUT2D eigenvalue weighted by molar-refractivity contribution is -0.137. The molecular weight excluding hydrogens is 355 g/mol. The van der Waals surface area contributed by atoms with Crippen LogP contribution in [0.15, 0.2) is 48.9 Å². The van der Waals surface area contributed by atoms with E-state index in [-0.39, 0.29) is 6.04 Å². The van der Waals surface area contributed by atoms with Gasteiger partial charge in [0.2, 0.25) is 0 Å². The number of rotatable bonds is 5. The van der Waals surface area contributed by atoms with Crippen LogP contribution in [-0.2, 0) is 6.18 Å². The van der Waals surface area contributed by atoms with Gasteiger partial charge in [-0.3, -0.25) is 4.90 Å². The molecule has 0 amide bonds. The van der Waals surface area contributed by atoms with E-state index < -0.39 is 11.7 Å². The maximum atomic E-state index is 12.9. The third-order valence-corrected chi connectivity index (χ3v) is 5.00. The van der Waals surface area contributed by atoms with Crippen LogP contribution in [0.4, 0.5) is 19.0 Å². The highest BCUT2D eigenvalue weighted by Gasteiger charge is 2.31. The molecule has 1 aromatic carbocycles. The molecule has 1 unspecified atom stereocenters. The molecule has 8 heteroatoms. The molecule has 0 radical (unpaired) electrons. The van der Waals surface area contributed by atoms with Crippen molar-refractivity contribution in [3.63, 3.8) is 0 Å². The van der Waals surface area contributed by atoms with Crippen molar-refractivity contribution in [1.82, 2.24) is 19.5 Å². The maximum Gasteiger partial charge on any atom is 0.416 e. The first-order chi connectivity index (χ1) is 13.0. The van der Waals surface area contributed by atoms with Gasteiger partial charge in [0, 0.05) is 12.7 Å². The number of nitrogens with one attached hydrogen (secondary N) is 1. The Morgan fingerprint density at radius 1 is 1.07 bits per heavy atom. The molecule has 142 valence electrons. The number of hydrogen-bond donors (Lipinski definition) is 1. The van der Waals surface area contributed by atoms with Crippen LogP contribution in [0.25, 0.3) is 5.52 Å². The number of likely N-dealkylation sites (tertiary alicyclic amines) is 1. The lowest BCUT2D eigenvalue weighted by Gasteiger charge is -2.28. The summed E-state index contributed by atoms with van der Waals surface area (Å²) < 4.78 is 40.3. The number of benzene rings is 1. The molecule has 1 fully saturated rings. The van der Waals surface area contributed by atoms with Gasteiger partial charge in [-0.15, -0.1) is 0 Å². The van der Waals surface area contributed by atoms with Crippen LogP contribution in [0.5, 0.6) is 0 Å². The standard InChI is InChI=1S/C19H20F3N5/c20-19(21,22)15-7-5-14(6-8-15)17(26-9-1-2-10-26)12-23-18-16-4-3-11-27(16)25-13-24-18/h3-8,11,13,17H,1-2,9-10,12H2,(H,23,24,25). The quantitative estimate of drug-likeness (QED) is 0.732. The van der Waals surface area contributed by atoms with E-state index in [0.29, 0.717) is 12.4 Å². The first-order valence-electron chi connectivity index (χ1n) is 8.96. The van der Waals surface area contributed by atoms with E-state index in [2.05, 4.69) is 20.3 Å². The van der Waals surface area contributed by atoms with Crippen molar-refractivity contribution < 1.29 is 13.2 Å². The Labute approximate surface area is 154 Å². The predicted octanol–water partition coefficient (Wildman–Crippen LogP) is 4.00. The number of nitrogens with zero attached hydrogens (tertiary/aromatic N) is 4. The highest BCUT2D eigenvalue weighted by molar-refractivity contribution is 5.67. The highest BCUT2D eigenvalue weighted by atomic mass is 19.4. The van der Waals surface area contributed by atoms with Crippen molar-refractivity contribution in [3.8, 4) is 0 Å². The van der Waals surface area contributed by atoms with E-state index in [9.17, 15) is 13.2 Å². The van der Waals surface area contributed by atoms with Crippen LogP contribution in [0.1, 0.15) is 30.0 Å². The predicted molar refractivity (Wildman–Crippen MR) is 96.5 cm³/mol. The third kappa shape index (κ3) is 3.75. The van der Waals surface area contributed by atoms with E-state index in [1.807, 2.05) is 18.3 Å². The molecule has 0 bridgehead atoms. The molecule has 1 aliphatic heterocycles. The van der Waals surface area contributed by atoms with Gasteiger partial charge < -0.3 is 5.32 Å². The van der Waals surface area contributed by atoms with Crippen molar-refractivity contribution in [3.05, 3.63) is 60.0 Å². The Balaban J connectivity index is 1.57. The lowest BCUT2D eigenvalue weighted by Crippen LogP contribution is -2.31. The molecule has 0 spiro atoms. The van der Waals surface area contributed by atoms with Crippen molar-refractivity contribution in [2.45, 2.75) is 25.1 Å². The molecule has 1 N–H and O–H groups in total. The molecule has 27 heavy (non-hydrogen) atoms. The minimum atomic E-state index is -4.32. The first-order valence-corrected chi connectivity index (χ1v) is 8.96. The van der Waals surface area contributed by atoms with Crippen LogP contribution in [0.3, 0.4) is 0 Å². The van der Waals surface area contributed by atoms with Gasteiger partial charge in [0.15, 0.2) is 5.82 Å². The third-order valence-electron chi connectivity index (χ3n) is 5.00. The number of anilines is 1. The van der Waals surface area contributed by atoms with E-state index >= 15 is 0 Å². The van der Waals surface area contributed by atoms with Gasteiger partial charge >= 0.3 is 6.18 Å². The van der Waals surface area contributed by atoms with Crippen molar-refractivity contribution >= 4 is 11.3 Å². The second-order valence-corrected chi connectivity index (χ2v) is 6.71. The average molecular weight is 375 g/mol. The summed E-state index contributed by atoms with van der Waals surface area (Å²) in [6.45, 7) is 2.44. The normalized spacial score (nSPS) is 16.7. The zero-order valence-corrected chi connectivity index (χ0v) is 14.7. The van der Waals surface area contributed by atoms with Crippen LogP contribution < -0.4 is 5.32 Å². The smallest absolute Gasteiger partial charge is 0.366 e. The molecule has 3 heterocycles. The lowest BCUT2D eigenvalue weighted by atomic mass is 10.0. The fourth-order valence-electron chi connectivity index (χ4n) is 3.60. The summed E-state index contributed by atoms with van der Waals surface area (Å²) in [7, 11) is 0. The summed E-state index contributed by atoms with van der Waals surface area (Å²) >= 11 is 0. The largest absolute Gasteiger partial charge is 0.416 e. The van der Waals surface area contributed by atoms with Gasteiger partial charge in [-0.2, -0.15) is 18.3 Å². The number of halogens is 3. The molecule has 1 saturated heterocycles. The number of fused-ring (bicyclic) bond motifs is 1. The molecule has 4 rings (SSSR count). The molecule has 1 atom stereocenters. The Bertz CT molecular complexity index is 898. The molecular formula is C19H20F3N5. The van der Waals surface area contributed by atoms with Crippen LogP contribution >= 0.6 is 0 Å². The molecule has 2 aromatic heterocycles. The van der Waals surface area contributed by atoms with Gasteiger partial charge in [-0.25, -0.2) is 9.50 Å². The molecule has 1 aliphatic rings. The minimum Gasteiger partial charge on any atom is -0.366 e. The van der Waals surface area contributed by atoms with Gasteiger partial charge in [0.05, 0.1) is 11.6 Å². The number of aromatic nitrogens is 3. The van der Waals surface area contributed by atoms with Gasteiger partial charge in [-0.05, 0) is 55.8 Å². The van der Waals surface area contributed by atoms with E-state index in [0.717, 1.165) is 49.1 Å². The Kier molecular flexibility index (Phi) is 4.73. The summed E-state index contributed by atoms with van der Waals surface area (Å²) in [5, 5.41) is 7.50. The van der Waals surface area contributed by atoms with E-state index in [1.54, 1.807) is 16.6 Å². The zero-order valence-electron chi connectivity index (χ0n) is 14.7. The first kappa shape index (κ1) is 17.8. The fraction of sp³-hybridized carbons (Fsp3) is 0.368. The SMILES string of the molecule is FC(F)(F)c1ccc(C(CNc2ncnn3cccc23)N2CCCC2)cc1. The molecule has 0 aliphatic carbocycles. The topological polar surface area (TPSA) is 45.5 Å². The summed E-state index contributed by atoms with van der Waals surface area (Å²) in [4.78, 5) is 6.62. The van der Waals surface area contributed by atoms with Crippen LogP contribution in [0, 0.1) is 0 Å². The average Bonchev–Trinajstić information content (AvgIpc) is 3.34. The van der Waals surface area contributed by atoms with Crippen molar-refractivity contribution in [1.29, 1.82) is 0 Å². The Morgan fingerprint density at radius 3 is 2.52 bits per heavy atom. The number of alkyl halides is 3. The molecule has 3 aromatic rings. The second kappa shape index (κ2) is 7.19. The van der Waals surface area contributed by atoms with Crippen LogP contribution in [-0.4, -0.2) is 39.1 Å². The number of hydrogen-bond acceptors (Lipinski definition) is 4. The minimum absolute atomic E-state index is 0.0141. The van der Waals surface area contributed by atoms with Gasteiger partial charge in [0.25, 0.3) is 0 Å². The van der Waals surface area contributed by atoms with E-state index in [1.165, 1.54) is 6.33 Å². The summed E-state index contributed by atoms with van der Waals surface area (Å²) in [6.07, 6.45) is 1.22. The van der Waals surface area contributed by atoms with Crippen molar-refractivity contribution in [2.75, 3.05) is 25.0 Å². The summed E-state index contributed by atoms with van der Waals surface area (Å²) in [6, 6.07) is 9.29. The monoisotopic (exact) mass is 375 g/mol. The van der Waals surface area contributed by atoms with E-state index in [4.69, 9.17) is 0 Å². The fourth-order valence-corrected chi connectivity index (χ4v) is 3.60. The second-order valence-electron chi connectivity index (χ2n) is 6.71. The Morgan fingerprint density at radius 2 is 1.81 bits per heavy atom. The highest BCUT2D eigenvalue weighted by Crippen LogP contribution is 2.32. The van der Waals surface area contributed by atoms with Gasteiger partial charge in [-0.1, -0.05) is 12.1 Å². The molecule has 0 saturated carbocycles. The van der Waals surface area contributed by atoms with Gasteiger partial charge in [0.1, 0.15) is 11.8 Å². The zero-order chi connectivity index (χ0) is 18.9. The summed E-state index contributed by atoms with van der Waals surface area (Å²) in [5.74, 6) is 0.714. The Hall–Kier alpha value is -2.61. The summed E-state index contributed by atoms with van der Waals surface area (Å²) in [5.41, 5.74) is 1.12.